The zero-order valence-corrected chi connectivity index (χ0v) is 8.78. The normalized spacial score (nSPS) is 10.4. The first-order chi connectivity index (χ1) is 6.78. The van der Waals surface area contributed by atoms with E-state index in [1.165, 1.54) is 11.5 Å². The lowest BCUT2D eigenvalue weighted by molar-refractivity contribution is 0.476. The van der Waals surface area contributed by atoms with Crippen LogP contribution in [-0.2, 0) is 13.5 Å². The van der Waals surface area contributed by atoms with Crippen molar-refractivity contribution in [2.24, 2.45) is 7.05 Å². The van der Waals surface area contributed by atoms with Crippen LogP contribution in [0, 0.1) is 0 Å². The summed E-state index contributed by atoms with van der Waals surface area (Å²) in [5.41, 5.74) is 0. The van der Waals surface area contributed by atoms with Gasteiger partial charge in [-0.3, -0.25) is 4.68 Å². The van der Waals surface area contributed by atoms with Crippen molar-refractivity contribution in [1.29, 1.82) is 0 Å². The number of hydrogen-bond acceptors (Lipinski definition) is 5. The minimum Gasteiger partial charge on any atom is -0.426 e. The number of aromatic nitrogens is 4. The Morgan fingerprint density at radius 3 is 3.00 bits per heavy atom. The maximum Gasteiger partial charge on any atom is 0.298 e. The van der Waals surface area contributed by atoms with Gasteiger partial charge in [-0.05, 0) is 0 Å². The zero-order chi connectivity index (χ0) is 9.97. The molecule has 0 saturated carbocycles. The highest BCUT2D eigenvalue weighted by atomic mass is 32.1. The molecule has 0 aromatic carbocycles. The summed E-state index contributed by atoms with van der Waals surface area (Å²) in [4.78, 5) is 4.18. The summed E-state index contributed by atoms with van der Waals surface area (Å²) in [5.74, 6) is 1.50. The second-order valence-corrected chi connectivity index (χ2v) is 3.50. The Bertz CT molecular complexity index is 422. The molecule has 0 radical (unpaired) electrons. The van der Waals surface area contributed by atoms with E-state index >= 15 is 0 Å². The van der Waals surface area contributed by atoms with E-state index in [9.17, 15) is 0 Å². The molecule has 0 atom stereocenters. The van der Waals surface area contributed by atoms with Crippen LogP contribution in [0.2, 0.25) is 0 Å². The number of rotatable bonds is 3. The fraction of sp³-hybridized carbons (Fsp3) is 0.375. The Kier molecular flexibility index (Phi) is 2.45. The van der Waals surface area contributed by atoms with Gasteiger partial charge in [-0.15, -0.1) is 0 Å². The third-order valence-corrected chi connectivity index (χ3v) is 2.28. The highest BCUT2D eigenvalue weighted by molar-refractivity contribution is 7.07. The van der Waals surface area contributed by atoms with Crippen molar-refractivity contribution in [3.8, 4) is 10.9 Å². The molecule has 74 valence electrons. The maximum absolute atomic E-state index is 5.44. The van der Waals surface area contributed by atoms with Gasteiger partial charge in [0.2, 0.25) is 0 Å². The third-order valence-electron chi connectivity index (χ3n) is 1.65. The van der Waals surface area contributed by atoms with Gasteiger partial charge in [0.05, 0.1) is 12.4 Å². The van der Waals surface area contributed by atoms with Crippen molar-refractivity contribution in [3.05, 3.63) is 18.2 Å². The molecule has 2 aromatic rings. The van der Waals surface area contributed by atoms with Crippen LogP contribution in [0.25, 0.3) is 0 Å². The first kappa shape index (κ1) is 9.14. The van der Waals surface area contributed by atoms with E-state index in [0.717, 1.165) is 12.2 Å². The van der Waals surface area contributed by atoms with E-state index in [-0.39, 0.29) is 0 Å². The number of nitrogens with zero attached hydrogens (tertiary/aromatic N) is 4. The standard InChI is InChI=1S/C8H10N4OS/c1-3-7-10-8(14-11-7)13-6-4-9-12(2)5-6/h4-5H,3H2,1-2H3. The minimum absolute atomic E-state index is 0.565. The lowest BCUT2D eigenvalue weighted by atomic mass is 10.5. The molecule has 2 rings (SSSR count). The van der Waals surface area contributed by atoms with Crippen LogP contribution < -0.4 is 4.74 Å². The Hall–Kier alpha value is -1.43. The van der Waals surface area contributed by atoms with E-state index < -0.39 is 0 Å². The summed E-state index contributed by atoms with van der Waals surface area (Å²) >= 11 is 1.26. The fourth-order valence-corrected chi connectivity index (χ4v) is 1.61. The lowest BCUT2D eigenvalue weighted by Gasteiger charge is -1.93. The monoisotopic (exact) mass is 210 g/mol. The predicted molar refractivity (Wildman–Crippen MR) is 52.6 cm³/mol. The largest absolute Gasteiger partial charge is 0.426 e. The predicted octanol–water partition coefficient (Wildman–Crippen LogP) is 1.63. The Balaban J connectivity index is 2.10. The van der Waals surface area contributed by atoms with Gasteiger partial charge in [-0.1, -0.05) is 6.92 Å². The Morgan fingerprint density at radius 2 is 2.43 bits per heavy atom. The van der Waals surface area contributed by atoms with E-state index in [1.54, 1.807) is 17.1 Å². The third kappa shape index (κ3) is 1.90. The van der Waals surface area contributed by atoms with Crippen LogP contribution in [0.15, 0.2) is 12.4 Å². The van der Waals surface area contributed by atoms with Crippen molar-refractivity contribution >= 4 is 11.5 Å². The summed E-state index contributed by atoms with van der Waals surface area (Å²) in [7, 11) is 1.84. The quantitative estimate of drug-likeness (QED) is 0.772. The molecule has 0 N–H and O–H groups in total. The highest BCUT2D eigenvalue weighted by Crippen LogP contribution is 2.22. The number of aryl methyl sites for hydroxylation is 2. The van der Waals surface area contributed by atoms with E-state index in [2.05, 4.69) is 14.5 Å². The molecule has 0 aliphatic carbocycles. The lowest BCUT2D eigenvalue weighted by Crippen LogP contribution is -1.85. The Morgan fingerprint density at radius 1 is 1.57 bits per heavy atom. The SMILES string of the molecule is CCc1nsc(Oc2cnn(C)c2)n1. The number of ether oxygens (including phenoxy) is 1. The average Bonchev–Trinajstić information content (AvgIpc) is 2.76. The molecule has 0 aliphatic heterocycles. The van der Waals surface area contributed by atoms with Crippen molar-refractivity contribution in [1.82, 2.24) is 19.1 Å². The molecule has 0 amide bonds. The van der Waals surface area contributed by atoms with Crippen molar-refractivity contribution in [2.45, 2.75) is 13.3 Å². The molecule has 0 saturated heterocycles. The van der Waals surface area contributed by atoms with Crippen LogP contribution in [-0.4, -0.2) is 19.1 Å². The van der Waals surface area contributed by atoms with Crippen LogP contribution in [0.4, 0.5) is 0 Å². The van der Waals surface area contributed by atoms with Gasteiger partial charge in [0.15, 0.2) is 5.75 Å². The molecule has 2 heterocycles. The minimum atomic E-state index is 0.565. The molecule has 0 fully saturated rings. The van der Waals surface area contributed by atoms with Gasteiger partial charge in [-0.25, -0.2) is 0 Å². The zero-order valence-electron chi connectivity index (χ0n) is 7.97. The van der Waals surface area contributed by atoms with Gasteiger partial charge in [0, 0.05) is 25.0 Å². The van der Waals surface area contributed by atoms with Crippen molar-refractivity contribution < 1.29 is 4.74 Å². The van der Waals surface area contributed by atoms with Gasteiger partial charge in [0.1, 0.15) is 5.82 Å². The first-order valence-electron chi connectivity index (χ1n) is 4.27. The van der Waals surface area contributed by atoms with Crippen molar-refractivity contribution in [2.75, 3.05) is 0 Å². The van der Waals surface area contributed by atoms with Gasteiger partial charge >= 0.3 is 0 Å². The van der Waals surface area contributed by atoms with E-state index in [1.807, 2.05) is 14.0 Å². The molecule has 6 heteroatoms. The molecule has 14 heavy (non-hydrogen) atoms. The molecule has 0 spiro atoms. The van der Waals surface area contributed by atoms with E-state index in [0.29, 0.717) is 10.9 Å². The molecule has 2 aromatic heterocycles. The Labute approximate surface area is 85.5 Å². The molecule has 0 aliphatic rings. The topological polar surface area (TPSA) is 52.8 Å². The highest BCUT2D eigenvalue weighted by Gasteiger charge is 2.05. The van der Waals surface area contributed by atoms with Crippen LogP contribution in [0.1, 0.15) is 12.7 Å². The van der Waals surface area contributed by atoms with Crippen molar-refractivity contribution in [3.63, 3.8) is 0 Å². The van der Waals surface area contributed by atoms with E-state index in [4.69, 9.17) is 4.74 Å². The van der Waals surface area contributed by atoms with Crippen LogP contribution in [0.3, 0.4) is 0 Å². The summed E-state index contributed by atoms with van der Waals surface area (Å²) in [6, 6.07) is 0. The second kappa shape index (κ2) is 3.75. The van der Waals surface area contributed by atoms with Crippen LogP contribution in [0.5, 0.6) is 10.9 Å². The molecule has 0 bridgehead atoms. The summed E-state index contributed by atoms with van der Waals surface area (Å²) < 4.78 is 11.2. The van der Waals surface area contributed by atoms with Gasteiger partial charge in [0.25, 0.3) is 5.19 Å². The summed E-state index contributed by atoms with van der Waals surface area (Å²) in [6.45, 7) is 2.01. The second-order valence-electron chi connectivity index (χ2n) is 2.78. The molecule has 5 nitrogen and oxygen atoms in total. The fourth-order valence-electron chi connectivity index (χ4n) is 0.975. The van der Waals surface area contributed by atoms with Crippen LogP contribution >= 0.6 is 11.5 Å². The molecular formula is C8H10N4OS. The number of hydrogen-bond donors (Lipinski definition) is 0. The van der Waals surface area contributed by atoms with Gasteiger partial charge in [-0.2, -0.15) is 14.5 Å². The summed E-state index contributed by atoms with van der Waals surface area (Å²) in [6.07, 6.45) is 4.26. The summed E-state index contributed by atoms with van der Waals surface area (Å²) in [5, 5.41) is 4.55. The smallest absolute Gasteiger partial charge is 0.298 e. The molecule has 0 unspecified atom stereocenters. The van der Waals surface area contributed by atoms with Gasteiger partial charge < -0.3 is 4.74 Å². The first-order valence-corrected chi connectivity index (χ1v) is 5.04. The maximum atomic E-state index is 5.44. The average molecular weight is 210 g/mol. The molecular weight excluding hydrogens is 200 g/mol.